The van der Waals surface area contributed by atoms with Gasteiger partial charge in [-0.05, 0) is 36.4 Å². The summed E-state index contributed by atoms with van der Waals surface area (Å²) < 4.78 is 19.9. The number of benzene rings is 2. The van der Waals surface area contributed by atoms with Crippen LogP contribution in [0.1, 0.15) is 0 Å². The van der Waals surface area contributed by atoms with Gasteiger partial charge >= 0.3 is 0 Å². The molecule has 0 aliphatic rings. The van der Waals surface area contributed by atoms with Crippen LogP contribution in [0.25, 0.3) is 5.69 Å². The molecule has 0 bridgehead atoms. The van der Waals surface area contributed by atoms with Crippen molar-refractivity contribution in [2.24, 2.45) is 0 Å². The van der Waals surface area contributed by atoms with Crippen molar-refractivity contribution in [3.63, 3.8) is 0 Å². The number of ether oxygens (including phenoxy) is 1. The summed E-state index contributed by atoms with van der Waals surface area (Å²) in [5, 5.41) is 14.9. The van der Waals surface area contributed by atoms with Crippen molar-refractivity contribution in [2.45, 2.75) is 11.3 Å². The van der Waals surface area contributed by atoms with Crippen LogP contribution in [0.2, 0.25) is 0 Å². The monoisotopic (exact) mass is 345 g/mol. The molecule has 0 saturated heterocycles. The first-order valence-corrected chi connectivity index (χ1v) is 8.35. The van der Waals surface area contributed by atoms with Gasteiger partial charge in [0.05, 0.1) is 11.8 Å². The minimum atomic E-state index is -0.677. The highest BCUT2D eigenvalue weighted by molar-refractivity contribution is 7.99. The van der Waals surface area contributed by atoms with E-state index in [0.29, 0.717) is 16.7 Å². The molecule has 0 saturated carbocycles. The van der Waals surface area contributed by atoms with Crippen LogP contribution in [-0.2, 0) is 0 Å². The number of hydrogen-bond donors (Lipinski definition) is 1. The standard InChI is InChI=1S/C17H16FN3O2S/c18-13-6-8-16(9-7-13)23-10-15(22)11-24-17-19-12-21(20-17)14-4-2-1-3-5-14/h1-9,12,15,22H,10-11H2. The third-order valence-electron chi connectivity index (χ3n) is 3.15. The molecule has 0 amide bonds. The summed E-state index contributed by atoms with van der Waals surface area (Å²) in [4.78, 5) is 4.21. The molecule has 1 heterocycles. The second-order valence-electron chi connectivity index (χ2n) is 5.04. The molecule has 24 heavy (non-hydrogen) atoms. The smallest absolute Gasteiger partial charge is 0.208 e. The second-order valence-corrected chi connectivity index (χ2v) is 6.02. The van der Waals surface area contributed by atoms with Gasteiger partial charge in [0.15, 0.2) is 0 Å². The van der Waals surface area contributed by atoms with E-state index in [4.69, 9.17) is 4.74 Å². The predicted octanol–water partition coefficient (Wildman–Crippen LogP) is 2.94. The number of aromatic nitrogens is 3. The summed E-state index contributed by atoms with van der Waals surface area (Å²) in [6.07, 6.45) is 0.961. The normalized spacial score (nSPS) is 12.1. The van der Waals surface area contributed by atoms with Crippen LogP contribution in [0.15, 0.2) is 66.1 Å². The molecule has 1 N–H and O–H groups in total. The van der Waals surface area contributed by atoms with E-state index in [-0.39, 0.29) is 12.4 Å². The summed E-state index contributed by atoms with van der Waals surface area (Å²) >= 11 is 1.35. The van der Waals surface area contributed by atoms with Crippen LogP contribution in [0, 0.1) is 5.82 Å². The second kappa shape index (κ2) is 7.94. The molecule has 0 aliphatic heterocycles. The summed E-state index contributed by atoms with van der Waals surface area (Å²) in [5.41, 5.74) is 0.928. The lowest BCUT2D eigenvalue weighted by Crippen LogP contribution is -2.20. The Morgan fingerprint density at radius 2 is 1.88 bits per heavy atom. The zero-order valence-electron chi connectivity index (χ0n) is 12.7. The third-order valence-corrected chi connectivity index (χ3v) is 4.15. The average Bonchev–Trinajstić information content (AvgIpc) is 3.09. The van der Waals surface area contributed by atoms with Crippen LogP contribution < -0.4 is 4.74 Å². The number of aliphatic hydroxyl groups is 1. The first kappa shape index (κ1) is 16.5. The van der Waals surface area contributed by atoms with Gasteiger partial charge in [0.2, 0.25) is 5.16 Å². The third kappa shape index (κ3) is 4.56. The molecule has 1 unspecified atom stereocenters. The van der Waals surface area contributed by atoms with Crippen molar-refractivity contribution in [1.82, 2.24) is 14.8 Å². The highest BCUT2D eigenvalue weighted by atomic mass is 32.2. The predicted molar refractivity (Wildman–Crippen MR) is 90.0 cm³/mol. The van der Waals surface area contributed by atoms with E-state index in [9.17, 15) is 9.50 Å². The lowest BCUT2D eigenvalue weighted by Gasteiger charge is -2.11. The van der Waals surface area contributed by atoms with Gasteiger partial charge in [-0.1, -0.05) is 30.0 Å². The molecule has 1 aromatic heterocycles. The highest BCUT2D eigenvalue weighted by Gasteiger charge is 2.09. The Morgan fingerprint density at radius 1 is 1.12 bits per heavy atom. The van der Waals surface area contributed by atoms with Crippen molar-refractivity contribution >= 4 is 11.8 Å². The van der Waals surface area contributed by atoms with Gasteiger partial charge in [-0.25, -0.2) is 14.1 Å². The minimum absolute atomic E-state index is 0.123. The molecule has 124 valence electrons. The molecular weight excluding hydrogens is 329 g/mol. The van der Waals surface area contributed by atoms with E-state index in [1.54, 1.807) is 11.0 Å². The fraction of sp³-hybridized carbons (Fsp3) is 0.176. The molecule has 1 atom stereocenters. The topological polar surface area (TPSA) is 60.2 Å². The number of nitrogens with zero attached hydrogens (tertiary/aromatic N) is 3. The SMILES string of the molecule is OC(COc1ccc(F)cc1)CSc1ncn(-c2ccccc2)n1. The Morgan fingerprint density at radius 3 is 2.62 bits per heavy atom. The molecule has 0 fully saturated rings. The van der Waals surface area contributed by atoms with Gasteiger partial charge in [0.1, 0.15) is 24.5 Å². The summed E-state index contributed by atoms with van der Waals surface area (Å²) in [5.74, 6) is 0.602. The van der Waals surface area contributed by atoms with Gasteiger partial charge in [0.25, 0.3) is 0 Å². The molecule has 3 aromatic rings. The number of hydrogen-bond acceptors (Lipinski definition) is 5. The fourth-order valence-electron chi connectivity index (χ4n) is 1.96. The molecule has 7 heteroatoms. The number of para-hydroxylation sites is 1. The van der Waals surface area contributed by atoms with Gasteiger partial charge in [-0.2, -0.15) is 0 Å². The van der Waals surface area contributed by atoms with E-state index >= 15 is 0 Å². The molecule has 0 aliphatic carbocycles. The Kier molecular flexibility index (Phi) is 5.45. The molecule has 0 spiro atoms. The van der Waals surface area contributed by atoms with Crippen LogP contribution in [0.5, 0.6) is 5.75 Å². The lowest BCUT2D eigenvalue weighted by molar-refractivity contribution is 0.126. The quantitative estimate of drug-likeness (QED) is 0.667. The highest BCUT2D eigenvalue weighted by Crippen LogP contribution is 2.16. The number of aliphatic hydroxyl groups excluding tert-OH is 1. The van der Waals surface area contributed by atoms with E-state index < -0.39 is 6.10 Å². The van der Waals surface area contributed by atoms with Crippen molar-refractivity contribution in [2.75, 3.05) is 12.4 Å². The van der Waals surface area contributed by atoms with Gasteiger partial charge in [0, 0.05) is 5.75 Å². The molecule has 0 radical (unpaired) electrons. The van der Waals surface area contributed by atoms with Crippen LogP contribution in [0.4, 0.5) is 4.39 Å². The van der Waals surface area contributed by atoms with Gasteiger partial charge in [-0.15, -0.1) is 5.10 Å². The maximum atomic E-state index is 12.8. The van der Waals surface area contributed by atoms with Crippen LogP contribution >= 0.6 is 11.8 Å². The molecule has 2 aromatic carbocycles. The maximum absolute atomic E-state index is 12.8. The van der Waals surface area contributed by atoms with Crippen molar-refractivity contribution in [3.05, 3.63) is 66.7 Å². The number of thioether (sulfide) groups is 1. The van der Waals surface area contributed by atoms with Gasteiger partial charge in [-0.3, -0.25) is 0 Å². The zero-order valence-corrected chi connectivity index (χ0v) is 13.6. The maximum Gasteiger partial charge on any atom is 0.208 e. The van der Waals surface area contributed by atoms with Crippen LogP contribution in [-0.4, -0.2) is 38.3 Å². The van der Waals surface area contributed by atoms with Gasteiger partial charge < -0.3 is 9.84 Å². The lowest BCUT2D eigenvalue weighted by atomic mass is 10.3. The van der Waals surface area contributed by atoms with Crippen molar-refractivity contribution in [1.29, 1.82) is 0 Å². The fourth-order valence-corrected chi connectivity index (χ4v) is 2.67. The van der Waals surface area contributed by atoms with E-state index in [2.05, 4.69) is 10.1 Å². The van der Waals surface area contributed by atoms with E-state index in [0.717, 1.165) is 5.69 Å². The molecule has 3 rings (SSSR count). The summed E-state index contributed by atoms with van der Waals surface area (Å²) in [7, 11) is 0. The number of halogens is 1. The molecular formula is C17H16FN3O2S. The van der Waals surface area contributed by atoms with E-state index in [1.807, 2.05) is 30.3 Å². The minimum Gasteiger partial charge on any atom is -0.491 e. The Bertz CT molecular complexity index is 765. The Balaban J connectivity index is 1.47. The summed E-state index contributed by atoms with van der Waals surface area (Å²) in [6.45, 7) is 0.123. The van der Waals surface area contributed by atoms with E-state index in [1.165, 1.54) is 36.0 Å². The largest absolute Gasteiger partial charge is 0.491 e. The average molecular weight is 345 g/mol. The van der Waals surface area contributed by atoms with Crippen molar-refractivity contribution in [3.8, 4) is 11.4 Å². The first-order valence-electron chi connectivity index (χ1n) is 7.37. The summed E-state index contributed by atoms with van der Waals surface area (Å²) in [6, 6.07) is 15.4. The van der Waals surface area contributed by atoms with Crippen LogP contribution in [0.3, 0.4) is 0 Å². The first-order chi connectivity index (χ1) is 11.7. The Labute approximate surface area is 143 Å². The zero-order chi connectivity index (χ0) is 16.8. The molecule has 5 nitrogen and oxygen atoms in total. The number of rotatable bonds is 7. The Hall–Kier alpha value is -2.38. The van der Waals surface area contributed by atoms with Crippen molar-refractivity contribution < 1.29 is 14.2 Å².